The standard InChI is InChI=1S/C12H17N7O/c1-8-9(5-17-19-8)3-2-4-14-12(20)10-6-16-11(18-13)7-15-10/h5-7H,2-4,13H2,1H3,(H,14,20)(H,16,18)(H,17,19). The van der Waals surface area contributed by atoms with Crippen molar-refractivity contribution in [1.29, 1.82) is 0 Å². The van der Waals surface area contributed by atoms with Crippen LogP contribution in [0.1, 0.15) is 28.2 Å². The molecule has 2 aromatic rings. The molecule has 20 heavy (non-hydrogen) atoms. The number of nitrogens with one attached hydrogen (secondary N) is 3. The molecule has 106 valence electrons. The predicted octanol–water partition coefficient (Wildman–Crippen LogP) is 0.156. The van der Waals surface area contributed by atoms with Crippen LogP contribution in [0, 0.1) is 6.92 Å². The number of carbonyl (C=O) groups is 1. The quantitative estimate of drug-likeness (QED) is 0.338. The number of aryl methyl sites for hydroxylation is 2. The maximum Gasteiger partial charge on any atom is 0.271 e. The van der Waals surface area contributed by atoms with E-state index in [4.69, 9.17) is 5.84 Å². The molecule has 0 aromatic carbocycles. The summed E-state index contributed by atoms with van der Waals surface area (Å²) in [6.45, 7) is 2.55. The molecule has 0 spiro atoms. The third kappa shape index (κ3) is 3.51. The molecule has 1 amide bonds. The van der Waals surface area contributed by atoms with E-state index in [0.29, 0.717) is 12.4 Å². The average Bonchev–Trinajstić information content (AvgIpc) is 2.89. The lowest BCUT2D eigenvalue weighted by Gasteiger charge is -2.05. The molecular formula is C12H17N7O. The summed E-state index contributed by atoms with van der Waals surface area (Å²) in [6.07, 6.45) is 6.29. The first-order valence-corrected chi connectivity index (χ1v) is 6.26. The molecule has 0 bridgehead atoms. The molecule has 2 heterocycles. The van der Waals surface area contributed by atoms with Crippen molar-refractivity contribution in [3.63, 3.8) is 0 Å². The van der Waals surface area contributed by atoms with Crippen LogP contribution in [0.4, 0.5) is 5.82 Å². The zero-order chi connectivity index (χ0) is 14.4. The van der Waals surface area contributed by atoms with Crippen LogP contribution in [0.15, 0.2) is 18.6 Å². The van der Waals surface area contributed by atoms with E-state index in [1.54, 1.807) is 6.20 Å². The maximum absolute atomic E-state index is 11.8. The second kappa shape index (κ2) is 6.62. The van der Waals surface area contributed by atoms with Crippen LogP contribution in [0.3, 0.4) is 0 Å². The summed E-state index contributed by atoms with van der Waals surface area (Å²) in [6, 6.07) is 0. The number of anilines is 1. The maximum atomic E-state index is 11.8. The lowest BCUT2D eigenvalue weighted by Crippen LogP contribution is -2.26. The highest BCUT2D eigenvalue weighted by atomic mass is 16.1. The minimum atomic E-state index is -0.245. The van der Waals surface area contributed by atoms with Crippen molar-refractivity contribution in [2.24, 2.45) is 5.84 Å². The monoisotopic (exact) mass is 275 g/mol. The molecule has 0 unspecified atom stereocenters. The van der Waals surface area contributed by atoms with Crippen molar-refractivity contribution in [2.45, 2.75) is 19.8 Å². The minimum Gasteiger partial charge on any atom is -0.351 e. The third-order valence-electron chi connectivity index (χ3n) is 2.88. The third-order valence-corrected chi connectivity index (χ3v) is 2.88. The number of nitrogen functional groups attached to an aromatic ring is 1. The summed E-state index contributed by atoms with van der Waals surface area (Å²) in [5, 5.41) is 9.63. The number of aromatic amines is 1. The van der Waals surface area contributed by atoms with Crippen molar-refractivity contribution >= 4 is 11.7 Å². The van der Waals surface area contributed by atoms with E-state index < -0.39 is 0 Å². The molecule has 0 radical (unpaired) electrons. The average molecular weight is 275 g/mol. The van der Waals surface area contributed by atoms with Crippen molar-refractivity contribution in [2.75, 3.05) is 12.0 Å². The molecular weight excluding hydrogens is 258 g/mol. The van der Waals surface area contributed by atoms with Crippen molar-refractivity contribution < 1.29 is 4.79 Å². The van der Waals surface area contributed by atoms with E-state index in [-0.39, 0.29) is 11.6 Å². The van der Waals surface area contributed by atoms with Gasteiger partial charge < -0.3 is 10.7 Å². The van der Waals surface area contributed by atoms with Crippen LogP contribution >= 0.6 is 0 Å². The first-order chi connectivity index (χ1) is 9.70. The van der Waals surface area contributed by atoms with Crippen molar-refractivity contribution in [1.82, 2.24) is 25.5 Å². The van der Waals surface area contributed by atoms with Gasteiger partial charge in [-0.1, -0.05) is 0 Å². The summed E-state index contributed by atoms with van der Waals surface area (Å²) >= 11 is 0. The van der Waals surface area contributed by atoms with E-state index in [1.165, 1.54) is 12.4 Å². The number of hydrazine groups is 1. The molecule has 0 aliphatic rings. The largest absolute Gasteiger partial charge is 0.351 e. The van der Waals surface area contributed by atoms with Gasteiger partial charge in [0.25, 0.3) is 5.91 Å². The second-order valence-corrected chi connectivity index (χ2v) is 4.31. The van der Waals surface area contributed by atoms with Crippen molar-refractivity contribution in [3.8, 4) is 0 Å². The van der Waals surface area contributed by atoms with Gasteiger partial charge in [-0.15, -0.1) is 0 Å². The molecule has 2 aromatic heterocycles. The fourth-order valence-electron chi connectivity index (χ4n) is 1.72. The van der Waals surface area contributed by atoms with E-state index in [2.05, 4.69) is 30.9 Å². The van der Waals surface area contributed by atoms with Crippen LogP contribution in [-0.2, 0) is 6.42 Å². The summed E-state index contributed by atoms with van der Waals surface area (Å²) < 4.78 is 0. The minimum absolute atomic E-state index is 0.245. The number of carbonyl (C=O) groups excluding carboxylic acids is 1. The topological polar surface area (TPSA) is 122 Å². The van der Waals surface area contributed by atoms with Gasteiger partial charge in [0.1, 0.15) is 5.69 Å². The number of nitrogens with zero attached hydrogens (tertiary/aromatic N) is 3. The Morgan fingerprint density at radius 3 is 2.80 bits per heavy atom. The number of amides is 1. The van der Waals surface area contributed by atoms with Gasteiger partial charge in [-0.3, -0.25) is 9.89 Å². The number of nitrogens with two attached hydrogens (primary N) is 1. The lowest BCUT2D eigenvalue weighted by molar-refractivity contribution is 0.0948. The highest BCUT2D eigenvalue weighted by Crippen LogP contribution is 2.05. The highest BCUT2D eigenvalue weighted by molar-refractivity contribution is 5.91. The smallest absolute Gasteiger partial charge is 0.271 e. The zero-order valence-electron chi connectivity index (χ0n) is 11.2. The van der Waals surface area contributed by atoms with Crippen LogP contribution in [-0.4, -0.2) is 32.6 Å². The van der Waals surface area contributed by atoms with Crippen LogP contribution in [0.5, 0.6) is 0 Å². The second-order valence-electron chi connectivity index (χ2n) is 4.31. The number of hydrogen-bond donors (Lipinski definition) is 4. The SMILES string of the molecule is Cc1[nH]ncc1CCCNC(=O)c1cnc(NN)cn1. The van der Waals surface area contributed by atoms with E-state index in [9.17, 15) is 4.79 Å². The molecule has 0 saturated heterocycles. The van der Waals surface area contributed by atoms with Gasteiger partial charge in [0.15, 0.2) is 5.82 Å². The van der Waals surface area contributed by atoms with Gasteiger partial charge >= 0.3 is 0 Å². The Morgan fingerprint density at radius 1 is 1.35 bits per heavy atom. The zero-order valence-corrected chi connectivity index (χ0v) is 11.2. The lowest BCUT2D eigenvalue weighted by atomic mass is 10.1. The number of aromatic nitrogens is 4. The van der Waals surface area contributed by atoms with E-state index in [0.717, 1.165) is 24.1 Å². The normalized spacial score (nSPS) is 10.3. The molecule has 5 N–H and O–H groups in total. The number of hydrogen-bond acceptors (Lipinski definition) is 6. The Labute approximate surface area is 116 Å². The Kier molecular flexibility index (Phi) is 4.61. The fraction of sp³-hybridized carbons (Fsp3) is 0.333. The summed E-state index contributed by atoms with van der Waals surface area (Å²) in [4.78, 5) is 19.7. The molecule has 2 rings (SSSR count). The number of rotatable bonds is 6. The van der Waals surface area contributed by atoms with E-state index >= 15 is 0 Å². The highest BCUT2D eigenvalue weighted by Gasteiger charge is 2.07. The molecule has 0 fully saturated rings. The molecule has 0 atom stereocenters. The molecule has 0 aliphatic heterocycles. The predicted molar refractivity (Wildman–Crippen MR) is 73.8 cm³/mol. The van der Waals surface area contributed by atoms with E-state index in [1.807, 2.05) is 6.92 Å². The Hall–Kier alpha value is -2.48. The molecule has 0 saturated carbocycles. The first kappa shape index (κ1) is 13.9. The summed E-state index contributed by atoms with van der Waals surface area (Å²) in [5.41, 5.74) is 4.85. The van der Waals surface area contributed by atoms with Gasteiger partial charge in [-0.05, 0) is 25.3 Å². The Morgan fingerprint density at radius 2 is 2.20 bits per heavy atom. The summed E-state index contributed by atoms with van der Waals surface area (Å²) in [5.74, 6) is 5.34. The number of H-pyrrole nitrogens is 1. The molecule has 0 aliphatic carbocycles. The van der Waals surface area contributed by atoms with Crippen molar-refractivity contribution in [3.05, 3.63) is 35.5 Å². The van der Waals surface area contributed by atoms with Crippen LogP contribution in [0.2, 0.25) is 0 Å². The molecule has 8 heteroatoms. The van der Waals surface area contributed by atoms with Gasteiger partial charge in [-0.2, -0.15) is 5.10 Å². The Balaban J connectivity index is 1.76. The van der Waals surface area contributed by atoms with Gasteiger partial charge in [0.2, 0.25) is 0 Å². The molecule has 8 nitrogen and oxygen atoms in total. The Bertz CT molecular complexity index is 563. The van der Waals surface area contributed by atoms with Crippen LogP contribution < -0.4 is 16.6 Å². The van der Waals surface area contributed by atoms with Gasteiger partial charge in [0, 0.05) is 12.2 Å². The summed E-state index contributed by atoms with van der Waals surface area (Å²) in [7, 11) is 0. The van der Waals surface area contributed by atoms with Gasteiger partial charge in [0.05, 0.1) is 18.6 Å². The van der Waals surface area contributed by atoms with Gasteiger partial charge in [-0.25, -0.2) is 15.8 Å². The van der Waals surface area contributed by atoms with Crippen LogP contribution in [0.25, 0.3) is 0 Å². The fourth-order valence-corrected chi connectivity index (χ4v) is 1.72. The first-order valence-electron chi connectivity index (χ1n) is 6.26.